The van der Waals surface area contributed by atoms with E-state index in [0.717, 1.165) is 23.1 Å². The lowest BCUT2D eigenvalue weighted by Crippen LogP contribution is -2.34. The summed E-state index contributed by atoms with van der Waals surface area (Å²) in [4.78, 5) is 12.0. The number of phenolic OH excluding ortho intramolecular Hbond substituents is 1. The van der Waals surface area contributed by atoms with Crippen LogP contribution in [-0.2, 0) is 29.0 Å². The molecule has 4 nitrogen and oxygen atoms in total. The van der Waals surface area contributed by atoms with E-state index in [-0.39, 0.29) is 12.4 Å². The molecule has 116 valence electrons. The predicted molar refractivity (Wildman–Crippen MR) is 85.4 cm³/mol. The van der Waals surface area contributed by atoms with Gasteiger partial charge >= 0.3 is 5.97 Å². The molecule has 0 spiro atoms. The van der Waals surface area contributed by atoms with E-state index in [4.69, 9.17) is 10.5 Å². The average Bonchev–Trinajstić information content (AvgIpc) is 2.55. The summed E-state index contributed by atoms with van der Waals surface area (Å²) in [5, 5.41) is 9.50. The van der Waals surface area contributed by atoms with Crippen molar-refractivity contribution in [2.24, 2.45) is 5.73 Å². The van der Waals surface area contributed by atoms with Gasteiger partial charge in [0.05, 0.1) is 0 Å². The standard InChI is InChI=1S/C18H21NO3/c1-2-14-10-16(20)9-8-15(14)11-17(19)18(21)22-12-13-6-4-3-5-7-13/h3-10,17,20H,2,11-12,19H2,1H3. The number of carbonyl (C=O) groups excluding carboxylic acids is 1. The van der Waals surface area contributed by atoms with Crippen LogP contribution in [0.2, 0.25) is 0 Å². The van der Waals surface area contributed by atoms with Gasteiger partial charge in [0.25, 0.3) is 0 Å². The summed E-state index contributed by atoms with van der Waals surface area (Å²) in [5.41, 5.74) is 8.82. The zero-order chi connectivity index (χ0) is 15.9. The lowest BCUT2D eigenvalue weighted by Gasteiger charge is -2.14. The molecule has 0 fully saturated rings. The molecule has 0 aliphatic carbocycles. The van der Waals surface area contributed by atoms with E-state index in [9.17, 15) is 9.90 Å². The highest BCUT2D eigenvalue weighted by Crippen LogP contribution is 2.18. The first kappa shape index (κ1) is 16.0. The summed E-state index contributed by atoms with van der Waals surface area (Å²) in [7, 11) is 0. The molecule has 0 amide bonds. The molecule has 1 atom stereocenters. The van der Waals surface area contributed by atoms with Gasteiger partial charge in [0.1, 0.15) is 18.4 Å². The Morgan fingerprint density at radius 2 is 1.91 bits per heavy atom. The number of nitrogens with two attached hydrogens (primary N) is 1. The Morgan fingerprint density at radius 3 is 2.59 bits per heavy atom. The monoisotopic (exact) mass is 299 g/mol. The molecule has 4 heteroatoms. The summed E-state index contributed by atoms with van der Waals surface area (Å²) in [5.74, 6) is -0.195. The van der Waals surface area contributed by atoms with E-state index < -0.39 is 12.0 Å². The van der Waals surface area contributed by atoms with Gasteiger partial charge in [-0.05, 0) is 41.7 Å². The summed E-state index contributed by atoms with van der Waals surface area (Å²) in [6.07, 6.45) is 1.17. The van der Waals surface area contributed by atoms with Crippen molar-refractivity contribution in [3.8, 4) is 5.75 Å². The van der Waals surface area contributed by atoms with Gasteiger partial charge in [0, 0.05) is 0 Å². The van der Waals surface area contributed by atoms with Crippen LogP contribution in [-0.4, -0.2) is 17.1 Å². The molecule has 0 bridgehead atoms. The molecule has 2 rings (SSSR count). The smallest absolute Gasteiger partial charge is 0.323 e. The number of rotatable bonds is 6. The molecular weight excluding hydrogens is 278 g/mol. The quantitative estimate of drug-likeness (QED) is 0.804. The Kier molecular flexibility index (Phi) is 5.55. The Hall–Kier alpha value is -2.33. The van der Waals surface area contributed by atoms with Crippen LogP contribution in [0.4, 0.5) is 0 Å². The molecule has 0 saturated carbocycles. The topological polar surface area (TPSA) is 72.5 Å². The number of esters is 1. The van der Waals surface area contributed by atoms with Crippen molar-refractivity contribution >= 4 is 5.97 Å². The highest BCUT2D eigenvalue weighted by molar-refractivity contribution is 5.76. The molecule has 1 unspecified atom stereocenters. The summed E-state index contributed by atoms with van der Waals surface area (Å²) >= 11 is 0. The average molecular weight is 299 g/mol. The molecule has 22 heavy (non-hydrogen) atoms. The number of phenols is 1. The molecule has 2 aromatic carbocycles. The summed E-state index contributed by atoms with van der Waals surface area (Å²) in [6.45, 7) is 2.22. The SMILES string of the molecule is CCc1cc(O)ccc1CC(N)C(=O)OCc1ccccc1. The molecule has 0 heterocycles. The number of aryl methyl sites for hydroxylation is 1. The second-order valence-electron chi connectivity index (χ2n) is 5.21. The minimum Gasteiger partial charge on any atom is -0.508 e. The lowest BCUT2D eigenvalue weighted by molar-refractivity contribution is -0.146. The van der Waals surface area contributed by atoms with E-state index in [1.165, 1.54) is 0 Å². The number of carbonyl (C=O) groups is 1. The van der Waals surface area contributed by atoms with Crippen molar-refractivity contribution in [3.05, 3.63) is 65.2 Å². The normalized spacial score (nSPS) is 11.9. The highest BCUT2D eigenvalue weighted by Gasteiger charge is 2.17. The van der Waals surface area contributed by atoms with Crippen LogP contribution in [0.5, 0.6) is 5.75 Å². The lowest BCUT2D eigenvalue weighted by atomic mass is 9.98. The Labute approximate surface area is 130 Å². The van der Waals surface area contributed by atoms with Gasteiger partial charge in [-0.3, -0.25) is 4.79 Å². The Morgan fingerprint density at radius 1 is 1.18 bits per heavy atom. The van der Waals surface area contributed by atoms with Crippen molar-refractivity contribution in [1.29, 1.82) is 0 Å². The minimum absolute atomic E-state index is 0.223. The predicted octanol–water partition coefficient (Wildman–Crippen LogP) is 2.57. The third kappa shape index (κ3) is 4.33. The largest absolute Gasteiger partial charge is 0.508 e. The minimum atomic E-state index is -0.710. The molecule has 0 radical (unpaired) electrons. The number of hydrogen-bond donors (Lipinski definition) is 2. The zero-order valence-electron chi connectivity index (χ0n) is 12.7. The van der Waals surface area contributed by atoms with Crippen LogP contribution >= 0.6 is 0 Å². The number of aromatic hydroxyl groups is 1. The van der Waals surface area contributed by atoms with Crippen LogP contribution < -0.4 is 5.73 Å². The van der Waals surface area contributed by atoms with Crippen LogP contribution in [0.25, 0.3) is 0 Å². The second-order valence-corrected chi connectivity index (χ2v) is 5.21. The van der Waals surface area contributed by atoms with Crippen molar-refractivity contribution < 1.29 is 14.6 Å². The van der Waals surface area contributed by atoms with Crippen molar-refractivity contribution in [1.82, 2.24) is 0 Å². The number of hydrogen-bond acceptors (Lipinski definition) is 4. The van der Waals surface area contributed by atoms with Crippen LogP contribution in [0.3, 0.4) is 0 Å². The van der Waals surface area contributed by atoms with E-state index in [2.05, 4.69) is 0 Å². The third-order valence-electron chi connectivity index (χ3n) is 3.54. The molecule has 0 aliphatic rings. The van der Waals surface area contributed by atoms with Gasteiger partial charge in [-0.2, -0.15) is 0 Å². The van der Waals surface area contributed by atoms with E-state index >= 15 is 0 Å². The molecule has 3 N–H and O–H groups in total. The summed E-state index contributed by atoms with van der Waals surface area (Å²) in [6, 6.07) is 13.9. The van der Waals surface area contributed by atoms with Crippen LogP contribution in [0, 0.1) is 0 Å². The zero-order valence-corrected chi connectivity index (χ0v) is 12.7. The molecule has 0 aromatic heterocycles. The fourth-order valence-corrected chi connectivity index (χ4v) is 2.30. The van der Waals surface area contributed by atoms with Gasteiger partial charge in [-0.25, -0.2) is 0 Å². The Bertz CT molecular complexity index is 625. The first-order valence-electron chi connectivity index (χ1n) is 7.37. The van der Waals surface area contributed by atoms with Crippen LogP contribution in [0.15, 0.2) is 48.5 Å². The van der Waals surface area contributed by atoms with E-state index in [1.54, 1.807) is 18.2 Å². The fourth-order valence-electron chi connectivity index (χ4n) is 2.30. The summed E-state index contributed by atoms with van der Waals surface area (Å²) < 4.78 is 5.25. The first-order valence-corrected chi connectivity index (χ1v) is 7.37. The van der Waals surface area contributed by atoms with Gasteiger partial charge in [-0.15, -0.1) is 0 Å². The molecule has 0 saturated heterocycles. The van der Waals surface area contributed by atoms with Crippen molar-refractivity contribution in [2.45, 2.75) is 32.4 Å². The fraction of sp³-hybridized carbons (Fsp3) is 0.278. The maximum Gasteiger partial charge on any atom is 0.323 e. The molecular formula is C18H21NO3. The van der Waals surface area contributed by atoms with Crippen LogP contribution in [0.1, 0.15) is 23.6 Å². The van der Waals surface area contributed by atoms with Crippen molar-refractivity contribution in [2.75, 3.05) is 0 Å². The van der Waals surface area contributed by atoms with E-state index in [0.29, 0.717) is 6.42 Å². The number of ether oxygens (including phenoxy) is 1. The van der Waals surface area contributed by atoms with Gasteiger partial charge < -0.3 is 15.6 Å². The third-order valence-corrected chi connectivity index (χ3v) is 3.54. The number of benzene rings is 2. The maximum atomic E-state index is 12.0. The second kappa shape index (κ2) is 7.61. The Balaban J connectivity index is 1.94. The van der Waals surface area contributed by atoms with Gasteiger partial charge in [0.15, 0.2) is 0 Å². The molecule has 2 aromatic rings. The van der Waals surface area contributed by atoms with E-state index in [1.807, 2.05) is 37.3 Å². The van der Waals surface area contributed by atoms with Crippen molar-refractivity contribution in [3.63, 3.8) is 0 Å². The van der Waals surface area contributed by atoms with Gasteiger partial charge in [0.2, 0.25) is 0 Å². The highest BCUT2D eigenvalue weighted by atomic mass is 16.5. The maximum absolute atomic E-state index is 12.0. The first-order chi connectivity index (χ1) is 10.6. The molecule has 0 aliphatic heterocycles. The van der Waals surface area contributed by atoms with Gasteiger partial charge in [-0.1, -0.05) is 43.3 Å².